The number of nitriles is 1. The molecule has 0 aliphatic carbocycles. The lowest BCUT2D eigenvalue weighted by Crippen LogP contribution is -2.48. The molecule has 26 heavy (non-hydrogen) atoms. The molecule has 0 atom stereocenters. The standard InChI is InChI=1S/C20H21ClN4O/c21-18-5-7-19(8-6-18)25-13-11-24(12-14-25)10-9-23-20(26)17-3-1-16(15-22)2-4-17/h1-8H,9-14H2,(H,23,26). The van der Waals surface area contributed by atoms with Gasteiger partial charge in [0.05, 0.1) is 11.6 Å². The summed E-state index contributed by atoms with van der Waals surface area (Å²) in [5.41, 5.74) is 2.33. The van der Waals surface area contributed by atoms with E-state index in [2.05, 4.69) is 27.2 Å². The zero-order chi connectivity index (χ0) is 18.4. The third-order valence-corrected chi connectivity index (χ3v) is 4.81. The number of hydrogen-bond acceptors (Lipinski definition) is 4. The zero-order valence-electron chi connectivity index (χ0n) is 14.5. The first-order valence-electron chi connectivity index (χ1n) is 8.67. The number of carbonyl (C=O) groups excluding carboxylic acids is 1. The van der Waals surface area contributed by atoms with Crippen LogP contribution in [0.2, 0.25) is 5.02 Å². The smallest absolute Gasteiger partial charge is 0.251 e. The van der Waals surface area contributed by atoms with Crippen LogP contribution < -0.4 is 10.2 Å². The van der Waals surface area contributed by atoms with Crippen LogP contribution in [0.5, 0.6) is 0 Å². The molecule has 3 rings (SSSR count). The van der Waals surface area contributed by atoms with Crippen molar-refractivity contribution >= 4 is 23.2 Å². The van der Waals surface area contributed by atoms with Crippen molar-refractivity contribution in [2.45, 2.75) is 0 Å². The average Bonchev–Trinajstić information content (AvgIpc) is 2.69. The minimum atomic E-state index is -0.103. The Bertz CT molecular complexity index is 775. The summed E-state index contributed by atoms with van der Waals surface area (Å²) in [6.07, 6.45) is 0. The Morgan fingerprint density at radius 2 is 1.69 bits per heavy atom. The van der Waals surface area contributed by atoms with Crippen LogP contribution in [0.1, 0.15) is 15.9 Å². The van der Waals surface area contributed by atoms with Crippen LogP contribution in [0.3, 0.4) is 0 Å². The van der Waals surface area contributed by atoms with Crippen LogP contribution in [0.4, 0.5) is 5.69 Å². The summed E-state index contributed by atoms with van der Waals surface area (Å²) in [5, 5.41) is 12.5. The first kappa shape index (κ1) is 18.2. The van der Waals surface area contributed by atoms with Gasteiger partial charge in [0.25, 0.3) is 5.91 Å². The largest absolute Gasteiger partial charge is 0.369 e. The van der Waals surface area contributed by atoms with Gasteiger partial charge in [0.15, 0.2) is 0 Å². The summed E-state index contributed by atoms with van der Waals surface area (Å²) in [6, 6.07) is 16.7. The molecule has 1 amide bonds. The monoisotopic (exact) mass is 368 g/mol. The molecular formula is C20H21ClN4O. The predicted octanol–water partition coefficient (Wildman–Crippen LogP) is 2.76. The third kappa shape index (κ3) is 4.75. The number of rotatable bonds is 5. The molecule has 1 aliphatic heterocycles. The molecule has 0 aromatic heterocycles. The Balaban J connectivity index is 1.40. The quantitative estimate of drug-likeness (QED) is 0.881. The molecule has 0 radical (unpaired) electrons. The zero-order valence-corrected chi connectivity index (χ0v) is 15.2. The van der Waals surface area contributed by atoms with Crippen LogP contribution in [-0.2, 0) is 0 Å². The maximum atomic E-state index is 12.1. The number of halogens is 1. The highest BCUT2D eigenvalue weighted by molar-refractivity contribution is 6.30. The van der Waals surface area contributed by atoms with Gasteiger partial charge in [-0.15, -0.1) is 0 Å². The van der Waals surface area contributed by atoms with E-state index in [0.717, 1.165) is 37.7 Å². The van der Waals surface area contributed by atoms with Crippen molar-refractivity contribution in [1.82, 2.24) is 10.2 Å². The fourth-order valence-corrected chi connectivity index (χ4v) is 3.13. The number of nitrogens with zero attached hydrogens (tertiary/aromatic N) is 3. The number of piperazine rings is 1. The maximum Gasteiger partial charge on any atom is 0.251 e. The van der Waals surface area contributed by atoms with Crippen LogP contribution in [0, 0.1) is 11.3 Å². The van der Waals surface area contributed by atoms with Crippen molar-refractivity contribution in [3.63, 3.8) is 0 Å². The van der Waals surface area contributed by atoms with E-state index in [-0.39, 0.29) is 5.91 Å². The number of carbonyl (C=O) groups is 1. The molecule has 134 valence electrons. The van der Waals surface area contributed by atoms with E-state index in [1.807, 2.05) is 18.2 Å². The number of benzene rings is 2. The second kappa shape index (κ2) is 8.70. The Morgan fingerprint density at radius 1 is 1.04 bits per heavy atom. The van der Waals surface area contributed by atoms with Crippen LogP contribution in [0.25, 0.3) is 0 Å². The predicted molar refractivity (Wildman–Crippen MR) is 104 cm³/mol. The summed E-state index contributed by atoms with van der Waals surface area (Å²) in [4.78, 5) is 16.8. The molecule has 1 fully saturated rings. The second-order valence-electron chi connectivity index (χ2n) is 6.25. The summed E-state index contributed by atoms with van der Waals surface area (Å²) in [6.45, 7) is 5.30. The molecule has 1 heterocycles. The molecule has 1 N–H and O–H groups in total. The lowest BCUT2D eigenvalue weighted by atomic mass is 10.1. The Labute approximate surface area is 158 Å². The van der Waals surface area contributed by atoms with Crippen molar-refractivity contribution in [1.29, 1.82) is 5.26 Å². The van der Waals surface area contributed by atoms with Crippen molar-refractivity contribution < 1.29 is 4.79 Å². The summed E-state index contributed by atoms with van der Waals surface area (Å²) in [5.74, 6) is -0.103. The number of anilines is 1. The first-order chi connectivity index (χ1) is 12.7. The maximum absolute atomic E-state index is 12.1. The Morgan fingerprint density at radius 3 is 2.31 bits per heavy atom. The van der Waals surface area contributed by atoms with Crippen LogP contribution in [-0.4, -0.2) is 50.1 Å². The van der Waals surface area contributed by atoms with Gasteiger partial charge in [-0.05, 0) is 48.5 Å². The van der Waals surface area contributed by atoms with Gasteiger partial charge in [0.2, 0.25) is 0 Å². The summed E-state index contributed by atoms with van der Waals surface area (Å²) in [7, 11) is 0. The lowest BCUT2D eigenvalue weighted by Gasteiger charge is -2.36. The van der Waals surface area contributed by atoms with E-state index in [1.54, 1.807) is 24.3 Å². The second-order valence-corrected chi connectivity index (χ2v) is 6.69. The van der Waals surface area contributed by atoms with Crippen molar-refractivity contribution in [3.8, 4) is 6.07 Å². The van der Waals surface area contributed by atoms with E-state index in [4.69, 9.17) is 16.9 Å². The highest BCUT2D eigenvalue weighted by Gasteiger charge is 2.17. The molecule has 5 nitrogen and oxygen atoms in total. The minimum absolute atomic E-state index is 0.103. The van der Waals surface area contributed by atoms with Crippen molar-refractivity contribution in [3.05, 3.63) is 64.7 Å². The molecule has 2 aromatic carbocycles. The normalized spacial score (nSPS) is 14.7. The van der Waals surface area contributed by atoms with E-state index in [0.29, 0.717) is 17.7 Å². The average molecular weight is 369 g/mol. The van der Waals surface area contributed by atoms with Gasteiger partial charge in [-0.2, -0.15) is 5.26 Å². The molecule has 0 bridgehead atoms. The molecule has 1 saturated heterocycles. The SMILES string of the molecule is N#Cc1ccc(C(=O)NCCN2CCN(c3ccc(Cl)cc3)CC2)cc1. The Kier molecular flexibility index (Phi) is 6.11. The fraction of sp³-hybridized carbons (Fsp3) is 0.300. The highest BCUT2D eigenvalue weighted by Crippen LogP contribution is 2.19. The van der Waals surface area contributed by atoms with E-state index < -0.39 is 0 Å². The van der Waals surface area contributed by atoms with Gasteiger partial charge in [-0.25, -0.2) is 0 Å². The van der Waals surface area contributed by atoms with E-state index in [1.165, 1.54) is 5.69 Å². The molecule has 2 aromatic rings. The van der Waals surface area contributed by atoms with E-state index in [9.17, 15) is 4.79 Å². The molecular weight excluding hydrogens is 348 g/mol. The van der Waals surface area contributed by atoms with Crippen LogP contribution >= 0.6 is 11.6 Å². The van der Waals surface area contributed by atoms with Crippen LogP contribution in [0.15, 0.2) is 48.5 Å². The number of hydrogen-bond donors (Lipinski definition) is 1. The molecule has 0 spiro atoms. The molecule has 0 saturated carbocycles. The van der Waals surface area contributed by atoms with Gasteiger partial charge in [-0.1, -0.05) is 11.6 Å². The first-order valence-corrected chi connectivity index (χ1v) is 9.05. The molecule has 0 unspecified atom stereocenters. The van der Waals surface area contributed by atoms with Gasteiger partial charge in [-0.3, -0.25) is 9.69 Å². The van der Waals surface area contributed by atoms with Gasteiger partial charge < -0.3 is 10.2 Å². The summed E-state index contributed by atoms with van der Waals surface area (Å²) < 4.78 is 0. The highest BCUT2D eigenvalue weighted by atomic mass is 35.5. The number of amides is 1. The third-order valence-electron chi connectivity index (χ3n) is 4.55. The Hall–Kier alpha value is -2.55. The van der Waals surface area contributed by atoms with Gasteiger partial charge >= 0.3 is 0 Å². The number of nitrogens with one attached hydrogen (secondary N) is 1. The summed E-state index contributed by atoms with van der Waals surface area (Å²) >= 11 is 5.94. The van der Waals surface area contributed by atoms with Gasteiger partial charge in [0.1, 0.15) is 0 Å². The fourth-order valence-electron chi connectivity index (χ4n) is 3.01. The van der Waals surface area contributed by atoms with E-state index >= 15 is 0 Å². The minimum Gasteiger partial charge on any atom is -0.369 e. The van der Waals surface area contributed by atoms with Crippen molar-refractivity contribution in [2.24, 2.45) is 0 Å². The topological polar surface area (TPSA) is 59.4 Å². The lowest BCUT2D eigenvalue weighted by molar-refractivity contribution is 0.0948. The van der Waals surface area contributed by atoms with Crippen molar-refractivity contribution in [2.75, 3.05) is 44.2 Å². The molecule has 1 aliphatic rings. The van der Waals surface area contributed by atoms with Gasteiger partial charge in [0, 0.05) is 55.5 Å². The molecule has 6 heteroatoms.